The number of aromatic nitrogens is 1. The largest absolute Gasteiger partial charge is 0.493 e. The van der Waals surface area contributed by atoms with Crippen molar-refractivity contribution in [3.05, 3.63) is 83.0 Å². The summed E-state index contributed by atoms with van der Waals surface area (Å²) in [5.41, 5.74) is 3.79. The Hall–Kier alpha value is -3.54. The van der Waals surface area contributed by atoms with Crippen molar-refractivity contribution in [2.75, 3.05) is 19.5 Å². The molecule has 0 fully saturated rings. The molecule has 0 atom stereocenters. The summed E-state index contributed by atoms with van der Waals surface area (Å²) in [6.45, 7) is 3.09. The lowest BCUT2D eigenvalue weighted by Crippen LogP contribution is -2.23. The van der Waals surface area contributed by atoms with Gasteiger partial charge in [0.2, 0.25) is 0 Å². The minimum absolute atomic E-state index is 0.148. The number of methoxy groups -OCH3 is 2. The first kappa shape index (κ1) is 20.2. The van der Waals surface area contributed by atoms with Gasteiger partial charge in [0.15, 0.2) is 11.5 Å². The quantitative estimate of drug-likeness (QED) is 0.608. The number of carbonyl (C=O) groups excluding carboxylic acids is 1. The SMILES string of the molecule is COc1ccc(CNc2ccc(C(=O)NCc3cccc(C)c3)cn2)cc1OC. The van der Waals surface area contributed by atoms with E-state index in [2.05, 4.69) is 21.7 Å². The maximum Gasteiger partial charge on any atom is 0.253 e. The number of nitrogens with zero attached hydrogens (tertiary/aromatic N) is 1. The second-order valence-electron chi connectivity index (χ2n) is 6.65. The minimum atomic E-state index is -0.148. The van der Waals surface area contributed by atoms with E-state index in [4.69, 9.17) is 9.47 Å². The van der Waals surface area contributed by atoms with Crippen LogP contribution in [0.1, 0.15) is 27.0 Å². The number of pyridine rings is 1. The lowest BCUT2D eigenvalue weighted by molar-refractivity contribution is 0.0950. The molecule has 0 aliphatic rings. The maximum atomic E-state index is 12.3. The molecule has 0 radical (unpaired) electrons. The van der Waals surface area contributed by atoms with Crippen LogP contribution in [0.15, 0.2) is 60.8 Å². The van der Waals surface area contributed by atoms with E-state index in [1.54, 1.807) is 32.5 Å². The zero-order valence-electron chi connectivity index (χ0n) is 16.9. The first-order chi connectivity index (χ1) is 14.1. The molecule has 1 aromatic heterocycles. The summed E-state index contributed by atoms with van der Waals surface area (Å²) in [5, 5.41) is 6.16. The lowest BCUT2D eigenvalue weighted by Gasteiger charge is -2.11. The van der Waals surface area contributed by atoms with Crippen molar-refractivity contribution < 1.29 is 14.3 Å². The molecule has 29 heavy (non-hydrogen) atoms. The molecule has 0 saturated heterocycles. The second kappa shape index (κ2) is 9.59. The molecule has 2 aromatic carbocycles. The minimum Gasteiger partial charge on any atom is -0.493 e. The molecular formula is C23H25N3O3. The van der Waals surface area contributed by atoms with Crippen LogP contribution in [0, 0.1) is 6.92 Å². The average molecular weight is 391 g/mol. The van der Waals surface area contributed by atoms with Crippen LogP contribution >= 0.6 is 0 Å². The molecule has 150 valence electrons. The lowest BCUT2D eigenvalue weighted by atomic mass is 10.1. The summed E-state index contributed by atoms with van der Waals surface area (Å²) in [6.07, 6.45) is 1.57. The molecule has 3 rings (SSSR count). The van der Waals surface area contributed by atoms with Crippen molar-refractivity contribution in [1.82, 2.24) is 10.3 Å². The number of nitrogens with one attached hydrogen (secondary N) is 2. The highest BCUT2D eigenvalue weighted by Crippen LogP contribution is 2.27. The number of amides is 1. The molecule has 1 amide bonds. The molecular weight excluding hydrogens is 366 g/mol. The fourth-order valence-electron chi connectivity index (χ4n) is 2.92. The van der Waals surface area contributed by atoms with Gasteiger partial charge >= 0.3 is 0 Å². The van der Waals surface area contributed by atoms with Crippen LogP contribution in [0.5, 0.6) is 11.5 Å². The second-order valence-corrected chi connectivity index (χ2v) is 6.65. The van der Waals surface area contributed by atoms with Crippen LogP contribution < -0.4 is 20.1 Å². The molecule has 0 aliphatic carbocycles. The number of anilines is 1. The van der Waals surface area contributed by atoms with Crippen LogP contribution in [-0.4, -0.2) is 25.1 Å². The van der Waals surface area contributed by atoms with Gasteiger partial charge in [0, 0.05) is 19.3 Å². The van der Waals surface area contributed by atoms with E-state index >= 15 is 0 Å². The Morgan fingerprint density at radius 1 is 0.931 bits per heavy atom. The molecule has 0 spiro atoms. The molecule has 0 aliphatic heterocycles. The fraction of sp³-hybridized carbons (Fsp3) is 0.217. The zero-order valence-corrected chi connectivity index (χ0v) is 16.9. The Labute approximate surface area is 170 Å². The van der Waals surface area contributed by atoms with E-state index in [0.717, 1.165) is 11.1 Å². The van der Waals surface area contributed by atoms with E-state index < -0.39 is 0 Å². The number of hydrogen-bond acceptors (Lipinski definition) is 5. The van der Waals surface area contributed by atoms with Gasteiger partial charge in [-0.25, -0.2) is 4.98 Å². The van der Waals surface area contributed by atoms with Gasteiger partial charge in [0.1, 0.15) is 5.82 Å². The summed E-state index contributed by atoms with van der Waals surface area (Å²) in [4.78, 5) is 16.7. The van der Waals surface area contributed by atoms with E-state index in [1.165, 1.54) is 5.56 Å². The Kier molecular flexibility index (Phi) is 6.68. The summed E-state index contributed by atoms with van der Waals surface area (Å²) in [6, 6.07) is 17.4. The van der Waals surface area contributed by atoms with Crippen LogP contribution in [0.4, 0.5) is 5.82 Å². The third kappa shape index (κ3) is 5.48. The van der Waals surface area contributed by atoms with Crippen LogP contribution in [-0.2, 0) is 13.1 Å². The number of benzene rings is 2. The molecule has 2 N–H and O–H groups in total. The third-order valence-electron chi connectivity index (χ3n) is 4.48. The Morgan fingerprint density at radius 2 is 1.72 bits per heavy atom. The topological polar surface area (TPSA) is 72.5 Å². The smallest absolute Gasteiger partial charge is 0.253 e. The van der Waals surface area contributed by atoms with Gasteiger partial charge in [-0.3, -0.25) is 4.79 Å². The first-order valence-electron chi connectivity index (χ1n) is 9.33. The van der Waals surface area contributed by atoms with Gasteiger partial charge in [-0.15, -0.1) is 0 Å². The molecule has 3 aromatic rings. The maximum absolute atomic E-state index is 12.3. The van der Waals surface area contributed by atoms with Gasteiger partial charge in [-0.2, -0.15) is 0 Å². The third-order valence-corrected chi connectivity index (χ3v) is 4.48. The van der Waals surface area contributed by atoms with Crippen molar-refractivity contribution in [3.8, 4) is 11.5 Å². The Morgan fingerprint density at radius 3 is 2.41 bits per heavy atom. The summed E-state index contributed by atoms with van der Waals surface area (Å²) < 4.78 is 10.6. The van der Waals surface area contributed by atoms with E-state index in [0.29, 0.717) is 36.0 Å². The predicted octanol–water partition coefficient (Wildman–Crippen LogP) is 3.95. The Bertz CT molecular complexity index is 971. The zero-order chi connectivity index (χ0) is 20.6. The van der Waals surface area contributed by atoms with E-state index in [9.17, 15) is 4.79 Å². The van der Waals surface area contributed by atoms with Crippen molar-refractivity contribution in [2.24, 2.45) is 0 Å². The van der Waals surface area contributed by atoms with Gasteiger partial charge in [-0.05, 0) is 42.3 Å². The molecule has 6 nitrogen and oxygen atoms in total. The highest BCUT2D eigenvalue weighted by Gasteiger charge is 2.07. The van der Waals surface area contributed by atoms with Crippen LogP contribution in [0.25, 0.3) is 0 Å². The van der Waals surface area contributed by atoms with E-state index in [1.807, 2.05) is 43.3 Å². The molecule has 1 heterocycles. The Balaban J connectivity index is 1.55. The summed E-state index contributed by atoms with van der Waals surface area (Å²) in [7, 11) is 3.22. The predicted molar refractivity (Wildman–Crippen MR) is 113 cm³/mol. The fourth-order valence-corrected chi connectivity index (χ4v) is 2.92. The van der Waals surface area contributed by atoms with Gasteiger partial charge < -0.3 is 20.1 Å². The summed E-state index contributed by atoms with van der Waals surface area (Å²) >= 11 is 0. The molecule has 0 bridgehead atoms. The van der Waals surface area contributed by atoms with Gasteiger partial charge in [-0.1, -0.05) is 35.9 Å². The number of hydrogen-bond donors (Lipinski definition) is 2. The number of rotatable bonds is 8. The van der Waals surface area contributed by atoms with Crippen molar-refractivity contribution in [2.45, 2.75) is 20.0 Å². The molecule has 0 unspecified atom stereocenters. The highest BCUT2D eigenvalue weighted by atomic mass is 16.5. The normalized spacial score (nSPS) is 10.3. The summed E-state index contributed by atoms with van der Waals surface area (Å²) in [5.74, 6) is 1.91. The number of ether oxygens (including phenoxy) is 2. The molecule has 0 saturated carbocycles. The monoisotopic (exact) mass is 391 g/mol. The first-order valence-corrected chi connectivity index (χ1v) is 9.33. The number of aryl methyl sites for hydroxylation is 1. The standard InChI is InChI=1S/C23H25N3O3/c1-16-5-4-6-17(11-16)14-26-23(27)19-8-10-22(25-15-19)24-13-18-7-9-20(28-2)21(12-18)29-3/h4-12,15H,13-14H2,1-3H3,(H,24,25)(H,26,27). The van der Waals surface area contributed by atoms with Crippen LogP contribution in [0.2, 0.25) is 0 Å². The highest BCUT2D eigenvalue weighted by molar-refractivity contribution is 5.94. The van der Waals surface area contributed by atoms with Crippen molar-refractivity contribution in [3.63, 3.8) is 0 Å². The molecule has 6 heteroatoms. The van der Waals surface area contributed by atoms with Gasteiger partial charge in [0.25, 0.3) is 5.91 Å². The van der Waals surface area contributed by atoms with Crippen LogP contribution in [0.3, 0.4) is 0 Å². The van der Waals surface area contributed by atoms with Gasteiger partial charge in [0.05, 0.1) is 19.8 Å². The van der Waals surface area contributed by atoms with Crippen molar-refractivity contribution >= 4 is 11.7 Å². The average Bonchev–Trinajstić information content (AvgIpc) is 2.76. The van der Waals surface area contributed by atoms with E-state index in [-0.39, 0.29) is 5.91 Å². The van der Waals surface area contributed by atoms with Crippen molar-refractivity contribution in [1.29, 1.82) is 0 Å². The number of carbonyl (C=O) groups is 1.